The molecule has 0 amide bonds. The fourth-order valence-electron chi connectivity index (χ4n) is 12.1. The molecular weight excluding hydrogens is 1470 g/mol. The van der Waals surface area contributed by atoms with E-state index in [9.17, 15) is 105 Å². The number of benzene rings is 10. The molecule has 0 radical (unpaired) electrons. The number of hydrogen-bond donors (Lipinski definition) is 0. The topological polar surface area (TPSA) is 26.3 Å². The number of hydrogen-bond acceptors (Lipinski definition) is 2. The zero-order valence-corrected chi connectivity index (χ0v) is 51.0. The van der Waals surface area contributed by atoms with Crippen molar-refractivity contribution < 1.29 is 135 Å². The van der Waals surface area contributed by atoms with Gasteiger partial charge in [-0.15, -0.1) is 0 Å². The first-order chi connectivity index (χ1) is 45.5. The van der Waals surface area contributed by atoms with Gasteiger partial charge >= 0.3 is 78.1 Å². The SMILES string of the molecule is FC(F)(F)c1cc([B-](c2cc(C(F)(F)F)cc(C(F)(F)F)c2)(c2cc(C(F)(F)F)cc(C(F)(F)F)c2)c2cc(C(F)(F)F)cc(C(F)(F)F)c2)cc(C(F)(F)F)c1.c1ccc2c(Cc3coc([I+]c4cc(Cc5c6ccccc6cc6ccccc56)co4)c3)c3ccccc3cc2c1. The minimum absolute atomic E-state index is 0.557. The van der Waals surface area contributed by atoms with Crippen LogP contribution < -0.4 is 43.1 Å². The van der Waals surface area contributed by atoms with Gasteiger partial charge in [0.1, 0.15) is 6.15 Å². The summed E-state index contributed by atoms with van der Waals surface area (Å²) >= 11 is -0.557. The summed E-state index contributed by atoms with van der Waals surface area (Å²) in [6.07, 6.45) is -49.3. The summed E-state index contributed by atoms with van der Waals surface area (Å²) in [5.41, 5.74) is -25.1. The van der Waals surface area contributed by atoms with Crippen molar-refractivity contribution in [3.63, 3.8) is 0 Å². The normalized spacial score (nSPS) is 13.2. The van der Waals surface area contributed by atoms with E-state index in [0.717, 1.165) is 20.4 Å². The van der Waals surface area contributed by atoms with E-state index in [1.54, 1.807) is 0 Å². The molecule has 12 rings (SSSR count). The lowest BCUT2D eigenvalue weighted by Gasteiger charge is -2.46. The van der Waals surface area contributed by atoms with Gasteiger partial charge in [0, 0.05) is 25.0 Å². The smallest absolute Gasteiger partial charge is 0.426 e. The van der Waals surface area contributed by atoms with Gasteiger partial charge in [0.15, 0.2) is 0 Å². The average molecular weight is 1500 g/mol. The minimum Gasteiger partial charge on any atom is -0.426 e. The van der Waals surface area contributed by atoms with E-state index in [4.69, 9.17) is 8.83 Å². The second kappa shape index (κ2) is 25.3. The van der Waals surface area contributed by atoms with Crippen molar-refractivity contribution in [3.05, 3.63) is 281 Å². The number of furan rings is 2. The van der Waals surface area contributed by atoms with Crippen LogP contribution in [0.1, 0.15) is 66.8 Å². The van der Waals surface area contributed by atoms with Crippen molar-refractivity contribution in [1.82, 2.24) is 0 Å². The first-order valence-corrected chi connectivity index (χ1v) is 30.6. The zero-order valence-electron chi connectivity index (χ0n) is 48.9. The average Bonchev–Trinajstić information content (AvgIpc) is 0.750. The first-order valence-electron chi connectivity index (χ1n) is 28.5. The van der Waals surface area contributed by atoms with Crippen molar-refractivity contribution in [1.29, 1.82) is 0 Å². The highest BCUT2D eigenvalue weighted by Crippen LogP contribution is 2.43. The minimum atomic E-state index is -6.13. The Morgan fingerprint density at radius 1 is 0.255 bits per heavy atom. The molecule has 12 aromatic rings. The van der Waals surface area contributed by atoms with Gasteiger partial charge in [-0.2, -0.15) is 127 Å². The van der Waals surface area contributed by atoms with E-state index in [0.29, 0.717) is 0 Å². The summed E-state index contributed by atoms with van der Waals surface area (Å²) in [5, 5.41) is 10.3. The van der Waals surface area contributed by atoms with Gasteiger partial charge in [0.05, 0.1) is 57.0 Å². The van der Waals surface area contributed by atoms with Crippen LogP contribution in [0.25, 0.3) is 43.1 Å². The zero-order chi connectivity index (χ0) is 71.1. The maximum absolute atomic E-state index is 14.2. The fraction of sp³-hybridized carbons (Fsp3) is 0.143. The molecule has 98 heavy (non-hydrogen) atoms. The largest absolute Gasteiger partial charge is 0.442 e. The lowest BCUT2D eigenvalue weighted by atomic mass is 9.12. The van der Waals surface area contributed by atoms with Crippen LogP contribution in [0.4, 0.5) is 105 Å². The maximum atomic E-state index is 14.2. The van der Waals surface area contributed by atoms with E-state index in [2.05, 4.69) is 121 Å². The molecule has 0 saturated carbocycles. The summed E-state index contributed by atoms with van der Waals surface area (Å²) < 4.78 is 355. The molecule has 0 aliphatic rings. The predicted molar refractivity (Wildman–Crippen MR) is 313 cm³/mol. The van der Waals surface area contributed by atoms with Crippen LogP contribution in [0.15, 0.2) is 215 Å². The molecule has 2 nitrogen and oxygen atoms in total. The molecule has 2 heterocycles. The van der Waals surface area contributed by atoms with Crippen molar-refractivity contribution in [2.75, 3.05) is 0 Å². The summed E-state index contributed by atoms with van der Waals surface area (Å²) in [5.74, 6) is 0. The first kappa shape index (κ1) is 70.2. The molecule has 0 N–H and O–H groups in total. The molecule has 0 spiro atoms. The van der Waals surface area contributed by atoms with E-state index >= 15 is 0 Å². The highest BCUT2D eigenvalue weighted by molar-refractivity contribution is 7.20. The summed E-state index contributed by atoms with van der Waals surface area (Å²) in [4.78, 5) is 0. The van der Waals surface area contributed by atoms with Crippen LogP contribution in [0.3, 0.4) is 0 Å². The van der Waals surface area contributed by atoms with Gasteiger partial charge in [-0.05, 0) is 102 Å². The second-order valence-electron chi connectivity index (χ2n) is 22.8. The molecule has 0 atom stereocenters. The second-order valence-corrected chi connectivity index (χ2v) is 25.4. The summed E-state index contributed by atoms with van der Waals surface area (Å²) in [7, 11) is 0. The third kappa shape index (κ3) is 14.7. The summed E-state index contributed by atoms with van der Waals surface area (Å²) in [6.45, 7) is 0. The Bertz CT molecular complexity index is 4280. The van der Waals surface area contributed by atoms with Crippen LogP contribution in [0, 0.1) is 7.53 Å². The van der Waals surface area contributed by atoms with Gasteiger partial charge in [-0.1, -0.05) is 146 Å². The summed E-state index contributed by atoms with van der Waals surface area (Å²) in [6, 6.07) is 34.9. The molecular formula is C70H38BF24IO2. The van der Waals surface area contributed by atoms with Crippen LogP contribution in [0.2, 0.25) is 0 Å². The van der Waals surface area contributed by atoms with Crippen molar-refractivity contribution in [3.8, 4) is 0 Å². The molecule has 28 heteroatoms. The molecule has 0 unspecified atom stereocenters. The van der Waals surface area contributed by atoms with E-state index in [1.165, 1.54) is 65.3 Å². The van der Waals surface area contributed by atoms with Crippen molar-refractivity contribution in [2.45, 2.75) is 62.3 Å². The Morgan fingerprint density at radius 3 is 0.663 bits per heavy atom. The molecule has 0 aliphatic carbocycles. The number of rotatable bonds is 10. The van der Waals surface area contributed by atoms with Crippen molar-refractivity contribution in [2.24, 2.45) is 0 Å². The van der Waals surface area contributed by atoms with Gasteiger partial charge < -0.3 is 8.83 Å². The third-order valence-corrected chi connectivity index (χ3v) is 18.6. The van der Waals surface area contributed by atoms with E-state index in [-0.39, 0.29) is 0 Å². The van der Waals surface area contributed by atoms with E-state index in [1.807, 2.05) is 12.5 Å². The highest BCUT2D eigenvalue weighted by atomic mass is 127. The molecule has 10 aromatic carbocycles. The molecule has 0 saturated heterocycles. The highest BCUT2D eigenvalue weighted by Gasteiger charge is 2.47. The lowest BCUT2D eigenvalue weighted by molar-refractivity contribution is -0.636. The van der Waals surface area contributed by atoms with E-state index < -0.39 is 216 Å². The number of alkyl halides is 24. The molecule has 0 bridgehead atoms. The van der Waals surface area contributed by atoms with Gasteiger partial charge in [-0.3, -0.25) is 0 Å². The van der Waals surface area contributed by atoms with Gasteiger partial charge in [0.25, 0.3) is 0 Å². The number of halogens is 25. The predicted octanol–water partition coefficient (Wildman–Crippen LogP) is 18.0. The van der Waals surface area contributed by atoms with Crippen LogP contribution >= 0.6 is 0 Å². The molecule has 0 aliphatic heterocycles. The standard InChI is InChI=1S/C38H26IO2.C32H12BF24/c1-5-13-31-27(9-1)21-28-10-2-6-14-32(28)35(31)17-25-19-37(40-23-25)39-38-20-26(24-41-38)18-36-33-15-7-3-11-29(33)22-30-12-4-8-16-34(30)36;34-25(35,36)13-1-14(26(37,38)39)6-21(5-13)33(22-7-15(27(40,41)42)2-16(8-22)28(43,44)45,23-9-17(29(46,47)48)3-18(10-23)30(49,50)51)24-11-19(31(52,53)54)4-20(12-24)32(55,56)57/h1-16,19-24H,17-18H2;1-12H/q+1;-1. The lowest BCUT2D eigenvalue weighted by Crippen LogP contribution is -3.61. The number of fused-ring (bicyclic) bond motifs is 4. The van der Waals surface area contributed by atoms with Crippen LogP contribution in [0.5, 0.6) is 0 Å². The quantitative estimate of drug-likeness (QED) is 0.0590. The molecule has 508 valence electrons. The Morgan fingerprint density at radius 2 is 0.459 bits per heavy atom. The monoisotopic (exact) mass is 1500 g/mol. The maximum Gasteiger partial charge on any atom is 0.442 e. The fourth-order valence-corrected chi connectivity index (χ4v) is 14.3. The Balaban J connectivity index is 0.000000207. The van der Waals surface area contributed by atoms with Crippen LogP contribution in [-0.4, -0.2) is 6.15 Å². The molecule has 0 fully saturated rings. The third-order valence-electron chi connectivity index (χ3n) is 16.4. The Hall–Kier alpha value is -9.09. The van der Waals surface area contributed by atoms with Crippen molar-refractivity contribution >= 4 is 71.1 Å². The molecule has 2 aromatic heterocycles. The Labute approximate surface area is 547 Å². The Kier molecular flexibility index (Phi) is 18.2. The van der Waals surface area contributed by atoms with Crippen LogP contribution in [-0.2, 0) is 62.3 Å². The van der Waals surface area contributed by atoms with Gasteiger partial charge in [-0.25, -0.2) is 0 Å². The van der Waals surface area contributed by atoms with Gasteiger partial charge in [0.2, 0.25) is 0 Å².